The van der Waals surface area contributed by atoms with Gasteiger partial charge in [0.25, 0.3) is 5.91 Å². The van der Waals surface area contributed by atoms with Crippen LogP contribution < -0.4 is 16.4 Å². The Morgan fingerprint density at radius 2 is 1.83 bits per heavy atom. The van der Waals surface area contributed by atoms with Gasteiger partial charge in [-0.15, -0.1) is 0 Å². The van der Waals surface area contributed by atoms with Crippen LogP contribution in [-0.4, -0.2) is 5.91 Å². The number of benzene rings is 2. The zero-order chi connectivity index (χ0) is 16.7. The first-order chi connectivity index (χ1) is 11.1. The summed E-state index contributed by atoms with van der Waals surface area (Å²) < 4.78 is 12.8. The van der Waals surface area contributed by atoms with Crippen molar-refractivity contribution in [2.45, 2.75) is 6.54 Å². The molecule has 0 unspecified atom stereocenters. The third kappa shape index (κ3) is 4.86. The van der Waals surface area contributed by atoms with Gasteiger partial charge in [-0.25, -0.2) is 4.39 Å². The van der Waals surface area contributed by atoms with E-state index < -0.39 is 5.91 Å². The second kappa shape index (κ2) is 7.61. The molecule has 2 aromatic rings. The SMILES string of the molecule is N#C/C(=C/NCc1ccc(F)cc1)C(=O)Nc1ccc(N)cc1. The molecule has 0 radical (unpaired) electrons. The van der Waals surface area contributed by atoms with E-state index in [4.69, 9.17) is 11.0 Å². The van der Waals surface area contributed by atoms with Gasteiger partial charge in [0, 0.05) is 24.1 Å². The molecule has 0 saturated carbocycles. The molecule has 0 bridgehead atoms. The Balaban J connectivity index is 1.95. The zero-order valence-corrected chi connectivity index (χ0v) is 12.2. The molecule has 1 amide bonds. The normalized spacial score (nSPS) is 10.7. The number of halogens is 1. The first-order valence-corrected chi connectivity index (χ1v) is 6.83. The number of hydrogen-bond donors (Lipinski definition) is 3. The summed E-state index contributed by atoms with van der Waals surface area (Å²) in [6.45, 7) is 0.376. The fourth-order valence-electron chi connectivity index (χ4n) is 1.79. The minimum Gasteiger partial charge on any atom is -0.399 e. The fourth-order valence-corrected chi connectivity index (χ4v) is 1.79. The van der Waals surface area contributed by atoms with E-state index in [0.29, 0.717) is 17.9 Å². The van der Waals surface area contributed by atoms with Crippen molar-refractivity contribution in [3.63, 3.8) is 0 Å². The topological polar surface area (TPSA) is 90.9 Å². The quantitative estimate of drug-likeness (QED) is 0.449. The van der Waals surface area contributed by atoms with Crippen molar-refractivity contribution in [3.8, 4) is 6.07 Å². The number of anilines is 2. The number of nitrogens with one attached hydrogen (secondary N) is 2. The van der Waals surface area contributed by atoms with Crippen molar-refractivity contribution < 1.29 is 9.18 Å². The fraction of sp³-hybridized carbons (Fsp3) is 0.0588. The Kier molecular flexibility index (Phi) is 5.31. The third-order valence-electron chi connectivity index (χ3n) is 3.00. The molecule has 0 aliphatic rings. The maximum Gasteiger partial charge on any atom is 0.267 e. The van der Waals surface area contributed by atoms with Gasteiger partial charge in [0.1, 0.15) is 17.5 Å². The molecular weight excluding hydrogens is 295 g/mol. The largest absolute Gasteiger partial charge is 0.399 e. The maximum absolute atomic E-state index is 12.8. The molecule has 4 N–H and O–H groups in total. The first kappa shape index (κ1) is 16.0. The Labute approximate surface area is 133 Å². The summed E-state index contributed by atoms with van der Waals surface area (Å²) in [6, 6.07) is 14.4. The number of nitrogens with two attached hydrogens (primary N) is 1. The molecule has 0 saturated heterocycles. The minimum atomic E-state index is -0.524. The molecular formula is C17H15FN4O. The van der Waals surface area contributed by atoms with Crippen LogP contribution in [0.4, 0.5) is 15.8 Å². The van der Waals surface area contributed by atoms with Crippen molar-refractivity contribution in [1.29, 1.82) is 5.26 Å². The number of carbonyl (C=O) groups is 1. The predicted octanol–water partition coefficient (Wildman–Crippen LogP) is 2.54. The lowest BCUT2D eigenvalue weighted by atomic mass is 10.2. The van der Waals surface area contributed by atoms with E-state index in [1.807, 2.05) is 6.07 Å². The van der Waals surface area contributed by atoms with Gasteiger partial charge in [-0.1, -0.05) is 12.1 Å². The van der Waals surface area contributed by atoms with Gasteiger partial charge in [0.15, 0.2) is 0 Å². The molecule has 2 aromatic carbocycles. The van der Waals surface area contributed by atoms with E-state index in [1.54, 1.807) is 36.4 Å². The molecule has 2 rings (SSSR count). The highest BCUT2D eigenvalue weighted by Crippen LogP contribution is 2.11. The summed E-state index contributed by atoms with van der Waals surface area (Å²) in [4.78, 5) is 12.0. The van der Waals surface area contributed by atoms with Crippen LogP contribution in [0.5, 0.6) is 0 Å². The zero-order valence-electron chi connectivity index (χ0n) is 12.2. The van der Waals surface area contributed by atoms with Crippen LogP contribution in [0.25, 0.3) is 0 Å². The van der Waals surface area contributed by atoms with Crippen molar-refractivity contribution in [2.75, 3.05) is 11.1 Å². The van der Waals surface area contributed by atoms with E-state index >= 15 is 0 Å². The number of hydrogen-bond acceptors (Lipinski definition) is 4. The average Bonchev–Trinajstić information content (AvgIpc) is 2.55. The molecule has 0 aliphatic carbocycles. The van der Waals surface area contributed by atoms with Crippen LogP contribution in [0.3, 0.4) is 0 Å². The van der Waals surface area contributed by atoms with Gasteiger partial charge >= 0.3 is 0 Å². The van der Waals surface area contributed by atoms with E-state index in [-0.39, 0.29) is 11.4 Å². The van der Waals surface area contributed by atoms with E-state index in [1.165, 1.54) is 18.3 Å². The van der Waals surface area contributed by atoms with Gasteiger partial charge in [0.2, 0.25) is 0 Å². The molecule has 0 heterocycles. The van der Waals surface area contributed by atoms with Crippen LogP contribution in [0.2, 0.25) is 0 Å². The van der Waals surface area contributed by atoms with Gasteiger partial charge in [-0.3, -0.25) is 4.79 Å². The predicted molar refractivity (Wildman–Crippen MR) is 86.4 cm³/mol. The molecule has 0 aliphatic heterocycles. The number of nitrogens with zero attached hydrogens (tertiary/aromatic N) is 1. The molecule has 0 fully saturated rings. The smallest absolute Gasteiger partial charge is 0.267 e. The van der Waals surface area contributed by atoms with Crippen LogP contribution in [0.1, 0.15) is 5.56 Å². The Hall–Kier alpha value is -3.33. The monoisotopic (exact) mass is 310 g/mol. The Bertz CT molecular complexity index is 746. The average molecular weight is 310 g/mol. The lowest BCUT2D eigenvalue weighted by molar-refractivity contribution is -0.112. The maximum atomic E-state index is 12.8. The molecule has 0 aromatic heterocycles. The lowest BCUT2D eigenvalue weighted by Crippen LogP contribution is -2.16. The molecule has 23 heavy (non-hydrogen) atoms. The number of nitrogen functional groups attached to an aromatic ring is 1. The molecule has 116 valence electrons. The number of rotatable bonds is 5. The molecule has 0 atom stereocenters. The Morgan fingerprint density at radius 3 is 2.43 bits per heavy atom. The van der Waals surface area contributed by atoms with E-state index in [2.05, 4.69) is 10.6 Å². The summed E-state index contributed by atoms with van der Waals surface area (Å²) in [5.41, 5.74) is 7.46. The highest BCUT2D eigenvalue weighted by Gasteiger charge is 2.08. The van der Waals surface area contributed by atoms with Crippen LogP contribution in [-0.2, 0) is 11.3 Å². The first-order valence-electron chi connectivity index (χ1n) is 6.83. The van der Waals surface area contributed by atoms with E-state index in [0.717, 1.165) is 5.56 Å². The molecule has 0 spiro atoms. The highest BCUT2D eigenvalue weighted by atomic mass is 19.1. The second-order valence-electron chi connectivity index (χ2n) is 4.75. The summed E-state index contributed by atoms with van der Waals surface area (Å²) in [5, 5.41) is 14.5. The number of nitriles is 1. The minimum absolute atomic E-state index is 0.0658. The third-order valence-corrected chi connectivity index (χ3v) is 3.00. The van der Waals surface area contributed by atoms with Crippen LogP contribution >= 0.6 is 0 Å². The molecule has 6 heteroatoms. The number of amides is 1. The summed E-state index contributed by atoms with van der Waals surface area (Å²) in [5.74, 6) is -0.839. The summed E-state index contributed by atoms with van der Waals surface area (Å²) >= 11 is 0. The van der Waals surface area contributed by atoms with Gasteiger partial charge in [-0.2, -0.15) is 5.26 Å². The molecule has 5 nitrogen and oxygen atoms in total. The second-order valence-corrected chi connectivity index (χ2v) is 4.75. The van der Waals surface area contributed by atoms with Crippen molar-refractivity contribution >= 4 is 17.3 Å². The summed E-state index contributed by atoms with van der Waals surface area (Å²) in [7, 11) is 0. The summed E-state index contributed by atoms with van der Waals surface area (Å²) in [6.07, 6.45) is 1.33. The lowest BCUT2D eigenvalue weighted by Gasteiger charge is -2.05. The van der Waals surface area contributed by atoms with Crippen molar-refractivity contribution in [1.82, 2.24) is 5.32 Å². The van der Waals surface area contributed by atoms with Crippen LogP contribution in [0.15, 0.2) is 60.3 Å². The van der Waals surface area contributed by atoms with E-state index in [9.17, 15) is 9.18 Å². The highest BCUT2D eigenvalue weighted by molar-refractivity contribution is 6.06. The van der Waals surface area contributed by atoms with Gasteiger partial charge < -0.3 is 16.4 Å². The van der Waals surface area contributed by atoms with Gasteiger partial charge in [-0.05, 0) is 42.0 Å². The van der Waals surface area contributed by atoms with Gasteiger partial charge in [0.05, 0.1) is 0 Å². The standard InChI is InChI=1S/C17H15FN4O/c18-14-3-1-12(2-4-14)10-21-11-13(9-19)17(23)22-16-7-5-15(20)6-8-16/h1-8,11,21H,10,20H2,(H,22,23)/b13-11-. The Morgan fingerprint density at radius 1 is 1.17 bits per heavy atom. The van der Waals surface area contributed by atoms with Crippen LogP contribution in [0, 0.1) is 17.1 Å². The number of carbonyl (C=O) groups excluding carboxylic acids is 1. The van der Waals surface area contributed by atoms with Crippen molar-refractivity contribution in [3.05, 3.63) is 71.7 Å². The van der Waals surface area contributed by atoms with Crippen molar-refractivity contribution in [2.24, 2.45) is 0 Å².